The minimum atomic E-state index is -4.15. The Morgan fingerprint density at radius 2 is 2.00 bits per heavy atom. The van der Waals surface area contributed by atoms with E-state index in [1.165, 1.54) is 6.20 Å². The SMILES string of the molecule is C[C@@H](Nc1cc(F)c(S(=O)(=O)Nc2nccs2)cc1Cl)c1ccccc1CN(C)C. The lowest BCUT2D eigenvalue weighted by molar-refractivity contribution is 0.400. The van der Waals surface area contributed by atoms with Crippen LogP contribution in [0.3, 0.4) is 0 Å². The number of sulfonamides is 1. The Labute approximate surface area is 184 Å². The van der Waals surface area contributed by atoms with E-state index in [-0.39, 0.29) is 16.2 Å². The van der Waals surface area contributed by atoms with Gasteiger partial charge in [0.1, 0.15) is 10.7 Å². The van der Waals surface area contributed by atoms with Gasteiger partial charge in [-0.2, -0.15) is 0 Å². The fourth-order valence-electron chi connectivity index (χ4n) is 3.04. The third-order valence-corrected chi connectivity index (χ3v) is 6.83. The van der Waals surface area contributed by atoms with Crippen molar-refractivity contribution in [3.8, 4) is 0 Å². The Hall–Kier alpha value is -2.20. The third-order valence-electron chi connectivity index (χ3n) is 4.35. The van der Waals surface area contributed by atoms with E-state index < -0.39 is 20.7 Å². The summed E-state index contributed by atoms with van der Waals surface area (Å²) in [6.45, 7) is 2.70. The second-order valence-electron chi connectivity index (χ2n) is 7.01. The monoisotopic (exact) mass is 468 g/mol. The number of halogens is 2. The molecular formula is C20H22ClFN4O2S2. The lowest BCUT2D eigenvalue weighted by Gasteiger charge is -2.22. The Bertz CT molecular complexity index is 1120. The fourth-order valence-corrected chi connectivity index (χ4v) is 5.20. The van der Waals surface area contributed by atoms with Crippen molar-refractivity contribution >= 4 is 43.8 Å². The van der Waals surface area contributed by atoms with Crippen molar-refractivity contribution in [2.24, 2.45) is 0 Å². The zero-order valence-corrected chi connectivity index (χ0v) is 19.1. The molecule has 0 saturated carbocycles. The van der Waals surface area contributed by atoms with Crippen LogP contribution in [0.1, 0.15) is 24.1 Å². The van der Waals surface area contributed by atoms with E-state index >= 15 is 0 Å². The van der Waals surface area contributed by atoms with E-state index in [0.29, 0.717) is 5.69 Å². The first kappa shape index (κ1) is 22.5. The molecule has 3 aromatic rings. The van der Waals surface area contributed by atoms with E-state index in [9.17, 15) is 12.8 Å². The topological polar surface area (TPSA) is 74.3 Å². The molecule has 0 saturated heterocycles. The normalized spacial score (nSPS) is 12.7. The third kappa shape index (κ3) is 5.28. The van der Waals surface area contributed by atoms with Crippen molar-refractivity contribution in [1.82, 2.24) is 9.88 Å². The molecule has 0 fully saturated rings. The minimum absolute atomic E-state index is 0.104. The van der Waals surface area contributed by atoms with Crippen molar-refractivity contribution in [3.05, 3.63) is 69.9 Å². The minimum Gasteiger partial charge on any atom is -0.377 e. The molecule has 0 aliphatic rings. The van der Waals surface area contributed by atoms with Gasteiger partial charge in [0.05, 0.1) is 10.7 Å². The Morgan fingerprint density at radius 3 is 2.67 bits per heavy atom. The average Bonchev–Trinajstić information content (AvgIpc) is 3.16. The molecule has 1 aromatic heterocycles. The van der Waals surface area contributed by atoms with Gasteiger partial charge in [-0.15, -0.1) is 11.3 Å². The highest BCUT2D eigenvalue weighted by atomic mass is 35.5. The molecule has 10 heteroatoms. The first-order valence-corrected chi connectivity index (χ1v) is 11.8. The highest BCUT2D eigenvalue weighted by Crippen LogP contribution is 2.32. The molecule has 0 bridgehead atoms. The number of hydrogen-bond donors (Lipinski definition) is 2. The molecule has 2 N–H and O–H groups in total. The van der Waals surface area contributed by atoms with E-state index in [1.807, 2.05) is 45.3 Å². The maximum Gasteiger partial charge on any atom is 0.266 e. The van der Waals surface area contributed by atoms with Crippen LogP contribution in [-0.4, -0.2) is 32.4 Å². The Balaban J connectivity index is 1.86. The van der Waals surface area contributed by atoms with Gasteiger partial charge in [-0.3, -0.25) is 4.72 Å². The Morgan fingerprint density at radius 1 is 1.27 bits per heavy atom. The van der Waals surface area contributed by atoms with Crippen molar-refractivity contribution in [3.63, 3.8) is 0 Å². The molecule has 1 atom stereocenters. The van der Waals surface area contributed by atoms with Crippen LogP contribution in [0.2, 0.25) is 5.02 Å². The quantitative estimate of drug-likeness (QED) is 0.488. The number of benzene rings is 2. The summed E-state index contributed by atoms with van der Waals surface area (Å²) in [6.07, 6.45) is 1.45. The smallest absolute Gasteiger partial charge is 0.266 e. The summed E-state index contributed by atoms with van der Waals surface area (Å²) in [5, 5.41) is 5.06. The molecule has 0 aliphatic carbocycles. The van der Waals surface area contributed by atoms with Crippen LogP contribution >= 0.6 is 22.9 Å². The van der Waals surface area contributed by atoms with Crippen LogP contribution in [0.25, 0.3) is 0 Å². The zero-order chi connectivity index (χ0) is 21.9. The van der Waals surface area contributed by atoms with E-state index in [4.69, 9.17) is 11.6 Å². The van der Waals surface area contributed by atoms with Gasteiger partial charge in [0, 0.05) is 24.2 Å². The molecule has 6 nitrogen and oxygen atoms in total. The van der Waals surface area contributed by atoms with Gasteiger partial charge in [-0.1, -0.05) is 35.9 Å². The van der Waals surface area contributed by atoms with Gasteiger partial charge in [0.2, 0.25) is 0 Å². The number of hydrogen-bond acceptors (Lipinski definition) is 6. The van der Waals surface area contributed by atoms with Gasteiger partial charge in [-0.25, -0.2) is 17.8 Å². The second kappa shape index (κ2) is 9.30. The number of nitrogens with one attached hydrogen (secondary N) is 2. The molecule has 0 radical (unpaired) electrons. The molecule has 0 unspecified atom stereocenters. The predicted molar refractivity (Wildman–Crippen MR) is 120 cm³/mol. The lowest BCUT2D eigenvalue weighted by atomic mass is 10.0. The first-order chi connectivity index (χ1) is 14.2. The molecular weight excluding hydrogens is 447 g/mol. The lowest BCUT2D eigenvalue weighted by Crippen LogP contribution is -2.17. The second-order valence-corrected chi connectivity index (χ2v) is 9.96. The van der Waals surface area contributed by atoms with Gasteiger partial charge in [-0.05, 0) is 44.3 Å². The molecule has 0 amide bonds. The van der Waals surface area contributed by atoms with Crippen molar-refractivity contribution in [2.45, 2.75) is 24.4 Å². The summed E-state index contributed by atoms with van der Waals surface area (Å²) < 4.78 is 42.0. The molecule has 3 rings (SSSR count). The summed E-state index contributed by atoms with van der Waals surface area (Å²) in [7, 11) is -0.177. The molecule has 0 aliphatic heterocycles. The molecule has 0 spiro atoms. The molecule has 160 valence electrons. The van der Waals surface area contributed by atoms with Crippen molar-refractivity contribution < 1.29 is 12.8 Å². The van der Waals surface area contributed by atoms with E-state index in [0.717, 1.165) is 41.1 Å². The maximum absolute atomic E-state index is 14.7. The predicted octanol–water partition coefficient (Wildman–Crippen LogP) is 4.97. The van der Waals surface area contributed by atoms with Gasteiger partial charge in [0.15, 0.2) is 5.13 Å². The summed E-state index contributed by atoms with van der Waals surface area (Å²) in [5.41, 5.74) is 2.49. The van der Waals surface area contributed by atoms with Crippen LogP contribution in [-0.2, 0) is 16.6 Å². The average molecular weight is 469 g/mol. The highest BCUT2D eigenvalue weighted by Gasteiger charge is 2.23. The summed E-state index contributed by atoms with van der Waals surface area (Å²) >= 11 is 7.40. The van der Waals surface area contributed by atoms with E-state index in [2.05, 4.69) is 19.9 Å². The summed E-state index contributed by atoms with van der Waals surface area (Å²) in [6, 6.07) is 9.98. The number of anilines is 2. The Kier molecular flexibility index (Phi) is 6.97. The summed E-state index contributed by atoms with van der Waals surface area (Å²) in [4.78, 5) is 5.38. The van der Waals surface area contributed by atoms with Crippen LogP contribution in [0.15, 0.2) is 52.9 Å². The molecule has 2 aromatic carbocycles. The van der Waals surface area contributed by atoms with Gasteiger partial charge in [0.25, 0.3) is 10.0 Å². The van der Waals surface area contributed by atoms with Crippen molar-refractivity contribution in [1.29, 1.82) is 0 Å². The number of nitrogens with zero attached hydrogens (tertiary/aromatic N) is 2. The largest absolute Gasteiger partial charge is 0.377 e. The number of thiazole rings is 1. The maximum atomic E-state index is 14.7. The molecule has 30 heavy (non-hydrogen) atoms. The standard InChI is InChI=1S/C20H22ClFN4O2S2/c1-13(15-7-5-4-6-14(15)12-26(2)3)24-18-11-17(22)19(10-16(18)21)30(27,28)25-20-23-8-9-29-20/h4-11,13,24H,12H2,1-3H3,(H,23,25)/t13-/m1/s1. The van der Waals surface area contributed by atoms with Crippen LogP contribution in [0.5, 0.6) is 0 Å². The first-order valence-electron chi connectivity index (χ1n) is 9.08. The van der Waals surface area contributed by atoms with Crippen LogP contribution < -0.4 is 10.0 Å². The zero-order valence-electron chi connectivity index (χ0n) is 16.7. The van der Waals surface area contributed by atoms with Crippen LogP contribution in [0, 0.1) is 5.82 Å². The highest BCUT2D eigenvalue weighted by molar-refractivity contribution is 7.93. The number of rotatable bonds is 8. The van der Waals surface area contributed by atoms with Crippen molar-refractivity contribution in [2.75, 3.05) is 24.1 Å². The number of aromatic nitrogens is 1. The van der Waals surface area contributed by atoms with Gasteiger partial charge >= 0.3 is 0 Å². The van der Waals surface area contributed by atoms with Gasteiger partial charge < -0.3 is 10.2 Å². The van der Waals surface area contributed by atoms with E-state index in [1.54, 1.807) is 5.38 Å². The molecule has 1 heterocycles. The fraction of sp³-hybridized carbons (Fsp3) is 0.250. The summed E-state index contributed by atoms with van der Waals surface area (Å²) in [5.74, 6) is -0.903. The van der Waals surface area contributed by atoms with Crippen LogP contribution in [0.4, 0.5) is 15.2 Å².